The lowest BCUT2D eigenvalue weighted by atomic mass is 9.95. The molecular weight excluding hydrogens is 406 g/mol. The van der Waals surface area contributed by atoms with E-state index in [1.165, 1.54) is 5.56 Å². The van der Waals surface area contributed by atoms with Crippen LogP contribution in [0.2, 0.25) is 0 Å². The van der Waals surface area contributed by atoms with Crippen LogP contribution in [0.5, 0.6) is 0 Å². The molecule has 0 aromatic carbocycles. The Hall–Kier alpha value is -2.55. The molecule has 8 heteroatoms. The zero-order valence-corrected chi connectivity index (χ0v) is 19.8. The fourth-order valence-corrected chi connectivity index (χ4v) is 4.33. The number of hydrogen-bond donors (Lipinski definition) is 2. The number of aryl methyl sites for hydroxylation is 2. The number of carbonyl (C=O) groups excluding carboxylic acids is 1. The van der Waals surface area contributed by atoms with Crippen LogP contribution in [-0.4, -0.2) is 57.2 Å². The average molecular weight is 442 g/mol. The Labute approximate surface area is 190 Å². The molecule has 174 valence electrons. The highest BCUT2D eigenvalue weighted by molar-refractivity contribution is 5.72. The standard InChI is InChI=1S/C24H35N5O3/c1-17-13-18(2)21(26-14-17)15-29(19-8-11-28(12-9-19)23(30)27-31)16-22-20(7-6-10-25-22)24(3,4)32-5/h6-7,10,13-14,19,31H,8-9,11-12,15-16H2,1-5H3,(H,27,30). The van der Waals surface area contributed by atoms with Crippen LogP contribution in [0.25, 0.3) is 0 Å². The molecule has 0 atom stereocenters. The Morgan fingerprint density at radius 3 is 2.56 bits per heavy atom. The van der Waals surface area contributed by atoms with Crippen molar-refractivity contribution in [1.29, 1.82) is 0 Å². The molecule has 1 aliphatic heterocycles. The molecule has 0 unspecified atom stereocenters. The van der Waals surface area contributed by atoms with Crippen molar-refractivity contribution >= 4 is 6.03 Å². The number of urea groups is 1. The van der Waals surface area contributed by atoms with Crippen molar-refractivity contribution < 1.29 is 14.7 Å². The summed E-state index contributed by atoms with van der Waals surface area (Å²) in [7, 11) is 1.72. The first-order chi connectivity index (χ1) is 15.2. The number of likely N-dealkylation sites (tertiary alicyclic amines) is 1. The van der Waals surface area contributed by atoms with E-state index in [1.54, 1.807) is 17.5 Å². The number of methoxy groups -OCH3 is 1. The van der Waals surface area contributed by atoms with Crippen molar-refractivity contribution in [3.63, 3.8) is 0 Å². The van der Waals surface area contributed by atoms with E-state index in [2.05, 4.69) is 44.7 Å². The lowest BCUT2D eigenvalue weighted by Gasteiger charge is -2.39. The van der Waals surface area contributed by atoms with Crippen LogP contribution in [0, 0.1) is 13.8 Å². The Kier molecular flexibility index (Phi) is 7.82. The molecule has 8 nitrogen and oxygen atoms in total. The van der Waals surface area contributed by atoms with Gasteiger partial charge in [0.2, 0.25) is 0 Å². The highest BCUT2D eigenvalue weighted by Gasteiger charge is 2.30. The Morgan fingerprint density at radius 2 is 1.94 bits per heavy atom. The maximum Gasteiger partial charge on any atom is 0.341 e. The molecule has 2 aromatic heterocycles. The van der Waals surface area contributed by atoms with E-state index in [-0.39, 0.29) is 6.04 Å². The lowest BCUT2D eigenvalue weighted by molar-refractivity contribution is 0.0166. The van der Waals surface area contributed by atoms with Gasteiger partial charge >= 0.3 is 6.03 Å². The smallest absolute Gasteiger partial charge is 0.341 e. The summed E-state index contributed by atoms with van der Waals surface area (Å²) in [4.78, 5) is 25.3. The minimum absolute atomic E-state index is 0.265. The topological polar surface area (TPSA) is 90.8 Å². The molecule has 1 saturated heterocycles. The fraction of sp³-hybridized carbons (Fsp3) is 0.542. The third-order valence-corrected chi connectivity index (χ3v) is 6.44. The number of hydroxylamine groups is 1. The second-order valence-corrected chi connectivity index (χ2v) is 9.03. The van der Waals surface area contributed by atoms with Gasteiger partial charge in [0, 0.05) is 57.3 Å². The van der Waals surface area contributed by atoms with Crippen LogP contribution < -0.4 is 5.48 Å². The number of pyridine rings is 2. The minimum atomic E-state index is -0.449. The third kappa shape index (κ3) is 5.62. The largest absolute Gasteiger partial charge is 0.374 e. The van der Waals surface area contributed by atoms with Gasteiger partial charge in [-0.1, -0.05) is 12.1 Å². The number of aromatic nitrogens is 2. The number of ether oxygens (including phenoxy) is 1. The normalized spacial score (nSPS) is 15.3. The van der Waals surface area contributed by atoms with E-state index in [4.69, 9.17) is 19.9 Å². The van der Waals surface area contributed by atoms with Crippen LogP contribution in [-0.2, 0) is 23.4 Å². The zero-order valence-electron chi connectivity index (χ0n) is 19.8. The minimum Gasteiger partial charge on any atom is -0.374 e. The number of hydrogen-bond acceptors (Lipinski definition) is 6. The van der Waals surface area contributed by atoms with Gasteiger partial charge in [0.15, 0.2) is 0 Å². The Balaban J connectivity index is 1.87. The summed E-state index contributed by atoms with van der Waals surface area (Å²) >= 11 is 0. The molecule has 0 bridgehead atoms. The summed E-state index contributed by atoms with van der Waals surface area (Å²) in [6, 6.07) is 6.00. The van der Waals surface area contributed by atoms with E-state index in [1.807, 2.05) is 18.5 Å². The van der Waals surface area contributed by atoms with Gasteiger partial charge in [-0.05, 0) is 57.7 Å². The molecule has 1 aliphatic rings. The molecule has 0 radical (unpaired) electrons. The summed E-state index contributed by atoms with van der Waals surface area (Å²) in [5.41, 5.74) is 6.72. The first-order valence-corrected chi connectivity index (χ1v) is 11.1. The summed E-state index contributed by atoms with van der Waals surface area (Å²) in [6.45, 7) is 10.8. The number of nitrogens with one attached hydrogen (secondary N) is 1. The lowest BCUT2D eigenvalue weighted by Crippen LogP contribution is -2.49. The van der Waals surface area contributed by atoms with Crippen LogP contribution >= 0.6 is 0 Å². The first kappa shape index (κ1) is 24.1. The van der Waals surface area contributed by atoms with Crippen LogP contribution in [0.3, 0.4) is 0 Å². The average Bonchev–Trinajstić information content (AvgIpc) is 2.80. The van der Waals surface area contributed by atoms with Gasteiger partial charge in [-0.25, -0.2) is 10.3 Å². The molecule has 1 fully saturated rings. The van der Waals surface area contributed by atoms with Crippen LogP contribution in [0.4, 0.5) is 4.79 Å². The van der Waals surface area contributed by atoms with E-state index >= 15 is 0 Å². The van der Waals surface area contributed by atoms with Gasteiger partial charge in [0.1, 0.15) is 0 Å². The molecule has 2 aromatic rings. The molecule has 2 amide bonds. The third-order valence-electron chi connectivity index (χ3n) is 6.44. The quantitative estimate of drug-likeness (QED) is 0.505. The second-order valence-electron chi connectivity index (χ2n) is 9.03. The summed E-state index contributed by atoms with van der Waals surface area (Å²) in [5, 5.41) is 8.95. The van der Waals surface area contributed by atoms with Gasteiger partial charge in [0.25, 0.3) is 0 Å². The highest BCUT2D eigenvalue weighted by atomic mass is 16.5. The molecule has 3 rings (SSSR count). The summed E-state index contributed by atoms with van der Waals surface area (Å²) < 4.78 is 5.75. The van der Waals surface area contributed by atoms with Crippen molar-refractivity contribution in [3.05, 3.63) is 58.7 Å². The van der Waals surface area contributed by atoms with Crippen molar-refractivity contribution in [2.24, 2.45) is 0 Å². The van der Waals surface area contributed by atoms with E-state index in [0.29, 0.717) is 26.2 Å². The van der Waals surface area contributed by atoms with Gasteiger partial charge in [-0.3, -0.25) is 20.1 Å². The maximum atomic E-state index is 11.8. The van der Waals surface area contributed by atoms with Crippen LogP contribution in [0.1, 0.15) is 54.8 Å². The second kappa shape index (κ2) is 10.4. The SMILES string of the molecule is COC(C)(C)c1cccnc1CN(Cc1ncc(C)cc1C)C1CCN(C(=O)NO)CC1. The van der Waals surface area contributed by atoms with E-state index in [0.717, 1.165) is 35.4 Å². The van der Waals surface area contributed by atoms with Crippen molar-refractivity contribution in [2.45, 2.75) is 65.3 Å². The molecule has 32 heavy (non-hydrogen) atoms. The Morgan fingerprint density at radius 1 is 1.25 bits per heavy atom. The van der Waals surface area contributed by atoms with Crippen molar-refractivity contribution in [1.82, 2.24) is 25.2 Å². The van der Waals surface area contributed by atoms with Crippen molar-refractivity contribution in [2.75, 3.05) is 20.2 Å². The number of carbonyl (C=O) groups is 1. The number of nitrogens with zero attached hydrogens (tertiary/aromatic N) is 4. The molecule has 0 spiro atoms. The molecular formula is C24H35N5O3. The zero-order chi connectivity index (χ0) is 23.3. The van der Waals surface area contributed by atoms with Crippen molar-refractivity contribution in [3.8, 4) is 0 Å². The van der Waals surface area contributed by atoms with Gasteiger partial charge in [-0.15, -0.1) is 0 Å². The summed E-state index contributed by atoms with van der Waals surface area (Å²) in [6.07, 6.45) is 5.36. The van der Waals surface area contributed by atoms with E-state index < -0.39 is 11.6 Å². The first-order valence-electron chi connectivity index (χ1n) is 11.1. The van der Waals surface area contributed by atoms with Gasteiger partial charge in [0.05, 0.1) is 17.0 Å². The number of piperidine rings is 1. The molecule has 0 aliphatic carbocycles. The highest BCUT2D eigenvalue weighted by Crippen LogP contribution is 2.29. The number of amides is 2. The number of rotatable bonds is 7. The maximum absolute atomic E-state index is 11.8. The molecule has 0 saturated carbocycles. The summed E-state index contributed by atoms with van der Waals surface area (Å²) in [5.74, 6) is 0. The predicted molar refractivity (Wildman–Crippen MR) is 122 cm³/mol. The Bertz CT molecular complexity index is 926. The monoisotopic (exact) mass is 441 g/mol. The van der Waals surface area contributed by atoms with Gasteiger partial charge < -0.3 is 9.64 Å². The van der Waals surface area contributed by atoms with E-state index in [9.17, 15) is 4.79 Å². The fourth-order valence-electron chi connectivity index (χ4n) is 4.33. The van der Waals surface area contributed by atoms with Crippen LogP contribution in [0.15, 0.2) is 30.6 Å². The molecule has 2 N–H and O–H groups in total. The van der Waals surface area contributed by atoms with Gasteiger partial charge in [-0.2, -0.15) is 0 Å². The predicted octanol–water partition coefficient (Wildman–Crippen LogP) is 3.54. The molecule has 3 heterocycles.